The first kappa shape index (κ1) is 20.3. The molecule has 0 bridgehead atoms. The van der Waals surface area contributed by atoms with Crippen molar-refractivity contribution in [2.24, 2.45) is 0 Å². The Morgan fingerprint density at radius 3 is 2.63 bits per heavy atom. The molecule has 0 unspecified atom stereocenters. The highest BCUT2D eigenvalue weighted by atomic mass is 32.2. The van der Waals surface area contributed by atoms with Gasteiger partial charge in [-0.15, -0.1) is 0 Å². The van der Waals surface area contributed by atoms with Crippen molar-refractivity contribution in [3.63, 3.8) is 0 Å². The molecule has 9 heteroatoms. The number of nitrogens with zero attached hydrogens (tertiary/aromatic N) is 3. The Morgan fingerprint density at radius 1 is 1.23 bits per heavy atom. The van der Waals surface area contributed by atoms with Crippen LogP contribution in [-0.2, 0) is 22.9 Å². The van der Waals surface area contributed by atoms with E-state index in [0.29, 0.717) is 35.9 Å². The third kappa shape index (κ3) is 3.89. The van der Waals surface area contributed by atoms with Gasteiger partial charge in [0.05, 0.1) is 29.7 Å². The van der Waals surface area contributed by atoms with Gasteiger partial charge in [-0.25, -0.2) is 13.1 Å². The van der Waals surface area contributed by atoms with Gasteiger partial charge in [0, 0.05) is 18.0 Å². The molecule has 1 amide bonds. The van der Waals surface area contributed by atoms with Gasteiger partial charge in [0.25, 0.3) is 11.5 Å². The molecule has 3 aromatic rings. The van der Waals surface area contributed by atoms with Crippen LogP contribution in [0.1, 0.15) is 36.0 Å². The molecule has 3 heterocycles. The van der Waals surface area contributed by atoms with Crippen LogP contribution >= 0.6 is 0 Å². The average Bonchev–Trinajstić information content (AvgIpc) is 3.37. The lowest BCUT2D eigenvalue weighted by Gasteiger charge is -2.27. The summed E-state index contributed by atoms with van der Waals surface area (Å²) in [5, 5.41) is 5.26. The number of fused-ring (bicyclic) bond motifs is 1. The van der Waals surface area contributed by atoms with Crippen molar-refractivity contribution >= 4 is 26.5 Å². The molecule has 158 valence electrons. The van der Waals surface area contributed by atoms with E-state index in [1.54, 1.807) is 36.4 Å². The smallest absolute Gasteiger partial charge is 0.275 e. The summed E-state index contributed by atoms with van der Waals surface area (Å²) in [6.45, 7) is 2.45. The van der Waals surface area contributed by atoms with Crippen LogP contribution in [0.25, 0.3) is 10.8 Å². The van der Waals surface area contributed by atoms with Crippen LogP contribution in [0.4, 0.5) is 0 Å². The SMILES string of the molecule is CCCn1nc(C(=O)N(Cc2ccco2)[C@H]2CCS(=O)(=O)C2)c2ccccc2c1=O. The molecule has 1 fully saturated rings. The minimum atomic E-state index is -3.20. The van der Waals surface area contributed by atoms with Gasteiger partial charge in [0.15, 0.2) is 15.5 Å². The lowest BCUT2D eigenvalue weighted by atomic mass is 10.1. The van der Waals surface area contributed by atoms with Crippen molar-refractivity contribution in [1.29, 1.82) is 0 Å². The molecule has 1 atom stereocenters. The van der Waals surface area contributed by atoms with Crippen molar-refractivity contribution in [3.8, 4) is 0 Å². The van der Waals surface area contributed by atoms with Crippen molar-refractivity contribution in [3.05, 3.63) is 64.5 Å². The second kappa shape index (κ2) is 8.06. The molecule has 0 radical (unpaired) electrons. The highest BCUT2D eigenvalue weighted by molar-refractivity contribution is 7.91. The Kier molecular flexibility index (Phi) is 5.46. The third-order valence-electron chi connectivity index (χ3n) is 5.32. The molecule has 2 aromatic heterocycles. The summed E-state index contributed by atoms with van der Waals surface area (Å²) in [5.41, 5.74) is -0.0977. The maximum atomic E-state index is 13.7. The van der Waals surface area contributed by atoms with Gasteiger partial charge in [0.1, 0.15) is 5.76 Å². The van der Waals surface area contributed by atoms with Crippen molar-refractivity contribution < 1.29 is 17.6 Å². The average molecular weight is 429 g/mol. The minimum Gasteiger partial charge on any atom is -0.467 e. The number of amides is 1. The number of carbonyl (C=O) groups is 1. The van der Waals surface area contributed by atoms with E-state index in [-0.39, 0.29) is 29.3 Å². The fourth-order valence-corrected chi connectivity index (χ4v) is 5.58. The Bertz CT molecular complexity index is 1230. The number of sulfone groups is 1. The van der Waals surface area contributed by atoms with Crippen LogP contribution in [0.3, 0.4) is 0 Å². The highest BCUT2D eigenvalue weighted by Crippen LogP contribution is 2.24. The summed E-state index contributed by atoms with van der Waals surface area (Å²) in [6.07, 6.45) is 2.57. The fourth-order valence-electron chi connectivity index (χ4n) is 3.85. The van der Waals surface area contributed by atoms with Crippen LogP contribution in [0.15, 0.2) is 51.9 Å². The van der Waals surface area contributed by atoms with Gasteiger partial charge in [0.2, 0.25) is 0 Å². The van der Waals surface area contributed by atoms with E-state index in [0.717, 1.165) is 0 Å². The molecular weight excluding hydrogens is 406 g/mol. The maximum absolute atomic E-state index is 13.7. The molecule has 0 N–H and O–H groups in total. The summed E-state index contributed by atoms with van der Waals surface area (Å²) in [6, 6.07) is 9.87. The Balaban J connectivity index is 1.82. The maximum Gasteiger partial charge on any atom is 0.275 e. The monoisotopic (exact) mass is 429 g/mol. The summed E-state index contributed by atoms with van der Waals surface area (Å²) >= 11 is 0. The van der Waals surface area contributed by atoms with Crippen molar-refractivity contribution in [2.75, 3.05) is 11.5 Å². The predicted octanol–water partition coefficient (Wildman–Crippen LogP) is 2.23. The normalized spacial score (nSPS) is 18.0. The number of aromatic nitrogens is 2. The number of hydrogen-bond acceptors (Lipinski definition) is 6. The van der Waals surface area contributed by atoms with Crippen LogP contribution in [-0.4, -0.2) is 46.6 Å². The Hall–Kier alpha value is -2.94. The molecular formula is C21H23N3O5S. The molecule has 1 aromatic carbocycles. The van der Waals surface area contributed by atoms with Gasteiger partial charge in [-0.2, -0.15) is 5.10 Å². The van der Waals surface area contributed by atoms with E-state index in [4.69, 9.17) is 4.42 Å². The van der Waals surface area contributed by atoms with E-state index in [1.807, 2.05) is 6.92 Å². The number of rotatable bonds is 6. The number of furan rings is 1. The number of aryl methyl sites for hydroxylation is 1. The van der Waals surface area contributed by atoms with Gasteiger partial charge >= 0.3 is 0 Å². The molecule has 0 aliphatic carbocycles. The summed E-state index contributed by atoms with van der Waals surface area (Å²) in [4.78, 5) is 27.9. The van der Waals surface area contributed by atoms with E-state index in [9.17, 15) is 18.0 Å². The third-order valence-corrected chi connectivity index (χ3v) is 7.07. The van der Waals surface area contributed by atoms with Crippen LogP contribution in [0, 0.1) is 0 Å². The summed E-state index contributed by atoms with van der Waals surface area (Å²) in [7, 11) is -3.20. The molecule has 0 saturated carbocycles. The van der Waals surface area contributed by atoms with E-state index in [1.165, 1.54) is 15.8 Å². The zero-order valence-electron chi connectivity index (χ0n) is 16.7. The zero-order chi connectivity index (χ0) is 21.3. The number of hydrogen-bond donors (Lipinski definition) is 0. The number of carbonyl (C=O) groups excluding carboxylic acids is 1. The largest absolute Gasteiger partial charge is 0.467 e. The van der Waals surface area contributed by atoms with Gasteiger partial charge < -0.3 is 9.32 Å². The lowest BCUT2D eigenvalue weighted by Crippen LogP contribution is -2.42. The van der Waals surface area contributed by atoms with Crippen molar-refractivity contribution in [2.45, 2.75) is 38.9 Å². The number of benzene rings is 1. The first-order valence-corrected chi connectivity index (χ1v) is 11.8. The zero-order valence-corrected chi connectivity index (χ0v) is 17.5. The predicted molar refractivity (Wildman–Crippen MR) is 112 cm³/mol. The fraction of sp³-hybridized carbons (Fsp3) is 0.381. The summed E-state index contributed by atoms with van der Waals surface area (Å²) < 4.78 is 30.9. The molecule has 0 spiro atoms. The molecule has 4 rings (SSSR count). The molecule has 1 aliphatic rings. The van der Waals surface area contributed by atoms with Crippen LogP contribution < -0.4 is 5.56 Å². The van der Waals surface area contributed by atoms with E-state index < -0.39 is 21.8 Å². The molecule has 1 aliphatic heterocycles. The topological polar surface area (TPSA) is 102 Å². The van der Waals surface area contributed by atoms with E-state index >= 15 is 0 Å². The second-order valence-electron chi connectivity index (χ2n) is 7.49. The van der Waals surface area contributed by atoms with Crippen LogP contribution in [0.5, 0.6) is 0 Å². The first-order chi connectivity index (χ1) is 14.4. The van der Waals surface area contributed by atoms with Crippen LogP contribution in [0.2, 0.25) is 0 Å². The van der Waals surface area contributed by atoms with E-state index in [2.05, 4.69) is 5.10 Å². The molecule has 30 heavy (non-hydrogen) atoms. The quantitative estimate of drug-likeness (QED) is 0.595. The van der Waals surface area contributed by atoms with Gasteiger partial charge in [-0.3, -0.25) is 9.59 Å². The second-order valence-corrected chi connectivity index (χ2v) is 9.72. The van der Waals surface area contributed by atoms with Gasteiger partial charge in [-0.05, 0) is 31.0 Å². The summed E-state index contributed by atoms with van der Waals surface area (Å²) in [5.74, 6) is 0.100. The Morgan fingerprint density at radius 2 is 2.00 bits per heavy atom. The Labute approximate surface area is 174 Å². The van der Waals surface area contributed by atoms with Gasteiger partial charge in [-0.1, -0.05) is 25.1 Å². The lowest BCUT2D eigenvalue weighted by molar-refractivity contribution is 0.0659. The van der Waals surface area contributed by atoms with Crippen molar-refractivity contribution in [1.82, 2.24) is 14.7 Å². The molecule has 8 nitrogen and oxygen atoms in total. The highest BCUT2D eigenvalue weighted by Gasteiger charge is 2.36. The minimum absolute atomic E-state index is 0.0448. The molecule has 1 saturated heterocycles. The standard InChI is InChI=1S/C21H23N3O5S/c1-2-10-24-20(25)18-8-4-3-7-17(18)19(22-24)21(26)23(13-16-6-5-11-29-16)15-9-12-30(27,28)14-15/h3-8,11,15H,2,9-10,12-14H2,1H3/t15-/m0/s1. The first-order valence-electron chi connectivity index (χ1n) is 9.93.